The summed E-state index contributed by atoms with van der Waals surface area (Å²) in [4.78, 5) is 16.3. The van der Waals surface area contributed by atoms with Crippen LogP contribution in [0.3, 0.4) is 0 Å². The molecule has 4 rings (SSSR count). The maximum Gasteiger partial charge on any atom is 0.307 e. The van der Waals surface area contributed by atoms with Crippen LogP contribution in [-0.2, 0) is 16.0 Å². The Morgan fingerprint density at radius 2 is 1.80 bits per heavy atom. The van der Waals surface area contributed by atoms with E-state index in [2.05, 4.69) is 15.2 Å². The first-order valence-electron chi connectivity index (χ1n) is 9.37. The molecule has 2 heterocycles. The summed E-state index contributed by atoms with van der Waals surface area (Å²) in [6.45, 7) is 1.66. The Labute approximate surface area is 171 Å². The first-order valence-corrected chi connectivity index (χ1v) is 9.37. The summed E-state index contributed by atoms with van der Waals surface area (Å²) < 4.78 is 29.6. The lowest BCUT2D eigenvalue weighted by molar-refractivity contribution is -0.149. The van der Waals surface area contributed by atoms with E-state index in [1.807, 2.05) is 30.3 Å². The average molecular weight is 407 g/mol. The number of halogens is 1. The van der Waals surface area contributed by atoms with E-state index in [4.69, 9.17) is 13.6 Å². The summed E-state index contributed by atoms with van der Waals surface area (Å²) in [6.07, 6.45) is 1.21. The van der Waals surface area contributed by atoms with E-state index < -0.39 is 12.1 Å². The fourth-order valence-electron chi connectivity index (χ4n) is 2.79. The first-order chi connectivity index (χ1) is 14.6. The number of nitrogens with zero attached hydrogens (tertiary/aromatic N) is 3. The molecule has 2 aromatic heterocycles. The monoisotopic (exact) mass is 407 g/mol. The molecule has 152 valence electrons. The summed E-state index contributed by atoms with van der Waals surface area (Å²) >= 11 is 0. The van der Waals surface area contributed by atoms with Gasteiger partial charge >= 0.3 is 5.97 Å². The molecule has 0 spiro atoms. The zero-order valence-electron chi connectivity index (χ0n) is 16.1. The van der Waals surface area contributed by atoms with Crippen molar-refractivity contribution in [2.45, 2.75) is 25.9 Å². The predicted molar refractivity (Wildman–Crippen MR) is 104 cm³/mol. The third kappa shape index (κ3) is 4.60. The number of hydrogen-bond donors (Lipinski definition) is 0. The van der Waals surface area contributed by atoms with Gasteiger partial charge in [0.25, 0.3) is 5.89 Å². The molecule has 0 saturated carbocycles. The van der Waals surface area contributed by atoms with Crippen LogP contribution >= 0.6 is 0 Å². The minimum Gasteiger partial charge on any atom is -0.453 e. The van der Waals surface area contributed by atoms with Gasteiger partial charge in [-0.05, 0) is 43.3 Å². The number of ether oxygens (including phenoxy) is 1. The maximum absolute atomic E-state index is 13.0. The van der Waals surface area contributed by atoms with Crippen molar-refractivity contribution < 1.29 is 22.8 Å². The van der Waals surface area contributed by atoms with Crippen molar-refractivity contribution in [3.05, 3.63) is 78.4 Å². The van der Waals surface area contributed by atoms with E-state index >= 15 is 0 Å². The summed E-state index contributed by atoms with van der Waals surface area (Å²) in [5, 5.41) is 7.94. The number of rotatable bonds is 7. The fourth-order valence-corrected chi connectivity index (χ4v) is 2.79. The maximum atomic E-state index is 13.0. The zero-order chi connectivity index (χ0) is 20.9. The van der Waals surface area contributed by atoms with E-state index in [1.165, 1.54) is 12.1 Å². The molecule has 0 aliphatic rings. The molecule has 0 bridgehead atoms. The third-order valence-corrected chi connectivity index (χ3v) is 4.34. The Kier molecular flexibility index (Phi) is 5.65. The Morgan fingerprint density at radius 3 is 2.57 bits per heavy atom. The van der Waals surface area contributed by atoms with Crippen LogP contribution in [0.1, 0.15) is 31.2 Å². The summed E-state index contributed by atoms with van der Waals surface area (Å²) in [5.74, 6) is 0.712. The van der Waals surface area contributed by atoms with Gasteiger partial charge in [-0.15, -0.1) is 10.2 Å². The molecule has 0 aliphatic heterocycles. The highest BCUT2D eigenvalue weighted by Crippen LogP contribution is 2.23. The Balaban J connectivity index is 1.31. The number of carbonyl (C=O) groups is 1. The quantitative estimate of drug-likeness (QED) is 0.408. The van der Waals surface area contributed by atoms with E-state index in [1.54, 1.807) is 25.3 Å². The van der Waals surface area contributed by atoms with Gasteiger partial charge in [0, 0.05) is 17.5 Å². The van der Waals surface area contributed by atoms with Gasteiger partial charge in [-0.2, -0.15) is 0 Å². The second kappa shape index (κ2) is 8.69. The standard InChI is InChI=1S/C22H18FN3O4/c1-14(21-25-26-22(30-21)16-5-3-2-4-6-16)28-20(27)12-11-19-24-13-18(29-19)15-7-9-17(23)10-8-15/h2-10,13-14H,11-12H2,1H3. The minimum atomic E-state index is -0.679. The van der Waals surface area contributed by atoms with Crippen molar-refractivity contribution in [3.63, 3.8) is 0 Å². The normalized spacial score (nSPS) is 11.9. The van der Waals surface area contributed by atoms with Crippen LogP contribution in [-0.4, -0.2) is 21.2 Å². The molecule has 1 unspecified atom stereocenters. The van der Waals surface area contributed by atoms with Crippen LogP contribution in [0.15, 0.2) is 69.6 Å². The SMILES string of the molecule is CC(OC(=O)CCc1ncc(-c2ccc(F)cc2)o1)c1nnc(-c2ccccc2)o1. The largest absolute Gasteiger partial charge is 0.453 e. The van der Waals surface area contributed by atoms with Gasteiger partial charge in [0.15, 0.2) is 17.8 Å². The third-order valence-electron chi connectivity index (χ3n) is 4.34. The molecule has 2 aromatic carbocycles. The summed E-state index contributed by atoms with van der Waals surface area (Å²) in [6, 6.07) is 15.2. The highest BCUT2D eigenvalue weighted by molar-refractivity contribution is 5.69. The molecule has 0 N–H and O–H groups in total. The van der Waals surface area contributed by atoms with Crippen molar-refractivity contribution in [1.82, 2.24) is 15.2 Å². The predicted octanol–water partition coefficient (Wildman–Crippen LogP) is 4.77. The molecule has 0 amide bonds. The number of oxazole rings is 1. The molecule has 0 saturated heterocycles. The molecule has 1 atom stereocenters. The average Bonchev–Trinajstić information content (AvgIpc) is 3.44. The summed E-state index contributed by atoms with van der Waals surface area (Å²) in [7, 11) is 0. The number of carbonyl (C=O) groups excluding carboxylic acids is 1. The lowest BCUT2D eigenvalue weighted by atomic mass is 10.2. The van der Waals surface area contributed by atoms with Crippen molar-refractivity contribution in [3.8, 4) is 22.8 Å². The van der Waals surface area contributed by atoms with Crippen LogP contribution in [0.5, 0.6) is 0 Å². The minimum absolute atomic E-state index is 0.0768. The van der Waals surface area contributed by atoms with Crippen LogP contribution in [0.25, 0.3) is 22.8 Å². The van der Waals surface area contributed by atoms with Crippen LogP contribution in [0.2, 0.25) is 0 Å². The van der Waals surface area contributed by atoms with Gasteiger partial charge in [-0.25, -0.2) is 9.37 Å². The molecule has 8 heteroatoms. The lowest BCUT2D eigenvalue weighted by Gasteiger charge is -2.08. The molecule has 4 aromatic rings. The van der Waals surface area contributed by atoms with Crippen molar-refractivity contribution >= 4 is 5.97 Å². The van der Waals surface area contributed by atoms with Crippen molar-refractivity contribution in [2.75, 3.05) is 0 Å². The number of benzene rings is 2. The highest BCUT2D eigenvalue weighted by Gasteiger charge is 2.19. The second-order valence-corrected chi connectivity index (χ2v) is 6.57. The Hall–Kier alpha value is -3.81. The molecule has 7 nitrogen and oxygen atoms in total. The number of hydrogen-bond acceptors (Lipinski definition) is 7. The van der Waals surface area contributed by atoms with E-state index in [0.717, 1.165) is 5.56 Å². The molecular formula is C22H18FN3O4. The molecular weight excluding hydrogens is 389 g/mol. The Bertz CT molecular complexity index is 1120. The van der Waals surface area contributed by atoms with Crippen molar-refractivity contribution in [2.24, 2.45) is 0 Å². The van der Waals surface area contributed by atoms with E-state index in [-0.39, 0.29) is 24.5 Å². The molecule has 0 radical (unpaired) electrons. The smallest absolute Gasteiger partial charge is 0.307 e. The topological polar surface area (TPSA) is 91.2 Å². The van der Waals surface area contributed by atoms with Crippen molar-refractivity contribution in [1.29, 1.82) is 0 Å². The van der Waals surface area contributed by atoms with Gasteiger partial charge in [-0.1, -0.05) is 18.2 Å². The molecule has 0 fully saturated rings. The van der Waals surface area contributed by atoms with E-state index in [0.29, 0.717) is 23.1 Å². The first kappa shape index (κ1) is 19.5. The van der Waals surface area contributed by atoms with Crippen LogP contribution in [0, 0.1) is 5.82 Å². The summed E-state index contributed by atoms with van der Waals surface area (Å²) in [5.41, 5.74) is 1.49. The number of aromatic nitrogens is 3. The van der Waals surface area contributed by atoms with E-state index in [9.17, 15) is 9.18 Å². The number of aryl methyl sites for hydroxylation is 1. The van der Waals surface area contributed by atoms with Gasteiger partial charge in [-0.3, -0.25) is 4.79 Å². The van der Waals surface area contributed by atoms with Crippen LogP contribution < -0.4 is 0 Å². The van der Waals surface area contributed by atoms with Gasteiger partial charge in [0.1, 0.15) is 5.82 Å². The molecule has 30 heavy (non-hydrogen) atoms. The molecule has 0 aliphatic carbocycles. The lowest BCUT2D eigenvalue weighted by Crippen LogP contribution is -2.10. The number of esters is 1. The van der Waals surface area contributed by atoms with Gasteiger partial charge in [0.05, 0.1) is 12.6 Å². The van der Waals surface area contributed by atoms with Gasteiger partial charge in [0.2, 0.25) is 5.89 Å². The fraction of sp³-hybridized carbons (Fsp3) is 0.182. The van der Waals surface area contributed by atoms with Crippen LogP contribution in [0.4, 0.5) is 4.39 Å². The zero-order valence-corrected chi connectivity index (χ0v) is 16.1. The van der Waals surface area contributed by atoms with Gasteiger partial charge < -0.3 is 13.6 Å². The Morgan fingerprint density at radius 1 is 1.03 bits per heavy atom. The second-order valence-electron chi connectivity index (χ2n) is 6.57. The highest BCUT2D eigenvalue weighted by atomic mass is 19.1.